The normalized spacial score (nSPS) is 41.8. The molecule has 4 bridgehead atoms. The van der Waals surface area contributed by atoms with Gasteiger partial charge >= 0.3 is 0 Å². The number of carbonyl (C=O) groups is 1. The number of nitrogens with one attached hydrogen (secondary N) is 1. The molecular formula is C21H33ClN4OS. The summed E-state index contributed by atoms with van der Waals surface area (Å²) in [7, 11) is 0. The molecule has 0 aromatic rings. The van der Waals surface area contributed by atoms with Crippen molar-refractivity contribution >= 4 is 30.1 Å². The van der Waals surface area contributed by atoms with Gasteiger partial charge < -0.3 is 15.1 Å². The summed E-state index contributed by atoms with van der Waals surface area (Å²) >= 11 is 2.09. The van der Waals surface area contributed by atoms with Crippen molar-refractivity contribution in [2.45, 2.75) is 56.5 Å². The fourth-order valence-corrected chi connectivity index (χ4v) is 8.30. The minimum atomic E-state index is -0.198. The molecule has 4 aliphatic carbocycles. The molecule has 0 aromatic heterocycles. The van der Waals surface area contributed by atoms with Gasteiger partial charge in [-0.1, -0.05) is 0 Å². The van der Waals surface area contributed by atoms with Gasteiger partial charge in [-0.2, -0.15) is 17.0 Å². The van der Waals surface area contributed by atoms with E-state index >= 15 is 0 Å². The van der Waals surface area contributed by atoms with Crippen molar-refractivity contribution in [2.24, 2.45) is 17.3 Å². The molecule has 4 unspecified atom stereocenters. The summed E-state index contributed by atoms with van der Waals surface area (Å²) in [6, 6.07) is 2.11. The van der Waals surface area contributed by atoms with Gasteiger partial charge in [0.1, 0.15) is 6.04 Å². The molecule has 0 radical (unpaired) electrons. The predicted octanol–water partition coefficient (Wildman–Crippen LogP) is 2.51. The van der Waals surface area contributed by atoms with Crippen molar-refractivity contribution in [3.63, 3.8) is 0 Å². The Morgan fingerprint density at radius 1 is 1.21 bits per heavy atom. The van der Waals surface area contributed by atoms with Gasteiger partial charge in [-0.05, 0) is 62.2 Å². The molecule has 1 N–H and O–H groups in total. The van der Waals surface area contributed by atoms with Gasteiger partial charge in [0.05, 0.1) is 12.6 Å². The molecule has 6 rings (SSSR count). The molecule has 0 aromatic carbocycles. The number of nitrogens with zero attached hydrogens (tertiary/aromatic N) is 3. The largest absolute Gasteiger partial charge is 0.326 e. The van der Waals surface area contributed by atoms with Crippen LogP contribution in [0.2, 0.25) is 0 Å². The zero-order chi connectivity index (χ0) is 18.5. The lowest BCUT2D eigenvalue weighted by atomic mass is 9.68. The molecule has 156 valence electrons. The predicted molar refractivity (Wildman–Crippen MR) is 115 cm³/mol. The lowest BCUT2D eigenvalue weighted by Gasteiger charge is -2.44. The van der Waals surface area contributed by atoms with Crippen LogP contribution in [0.15, 0.2) is 0 Å². The van der Waals surface area contributed by atoms with Crippen LogP contribution in [0.3, 0.4) is 0 Å². The van der Waals surface area contributed by atoms with Crippen LogP contribution in [0.4, 0.5) is 0 Å². The van der Waals surface area contributed by atoms with E-state index in [0.717, 1.165) is 31.2 Å². The Morgan fingerprint density at radius 3 is 2.82 bits per heavy atom. The van der Waals surface area contributed by atoms with Crippen LogP contribution in [0.5, 0.6) is 0 Å². The summed E-state index contributed by atoms with van der Waals surface area (Å²) in [4.78, 5) is 17.3. The minimum absolute atomic E-state index is 0. The Labute approximate surface area is 179 Å². The van der Waals surface area contributed by atoms with Crippen LogP contribution in [-0.4, -0.2) is 71.5 Å². The second-order valence-electron chi connectivity index (χ2n) is 9.86. The maximum atomic E-state index is 12.7. The zero-order valence-corrected chi connectivity index (χ0v) is 18.3. The topological polar surface area (TPSA) is 59.4 Å². The first-order valence-electron chi connectivity index (χ1n) is 10.9. The Kier molecular flexibility index (Phi) is 5.92. The third-order valence-electron chi connectivity index (χ3n) is 8.12. The molecule has 7 heteroatoms. The summed E-state index contributed by atoms with van der Waals surface area (Å²) in [6.45, 7) is 4.98. The third-order valence-corrected chi connectivity index (χ3v) is 9.06. The van der Waals surface area contributed by atoms with Crippen molar-refractivity contribution < 1.29 is 4.79 Å². The van der Waals surface area contributed by atoms with E-state index in [0.29, 0.717) is 12.0 Å². The quantitative estimate of drug-likeness (QED) is 0.734. The summed E-state index contributed by atoms with van der Waals surface area (Å²) in [5.74, 6) is 4.33. The van der Waals surface area contributed by atoms with Crippen molar-refractivity contribution in [3.05, 3.63) is 0 Å². The lowest BCUT2D eigenvalue weighted by Crippen LogP contribution is -2.53. The summed E-state index contributed by atoms with van der Waals surface area (Å²) < 4.78 is 0. The van der Waals surface area contributed by atoms with E-state index in [9.17, 15) is 10.1 Å². The Hall–Kier alpha value is -0.480. The van der Waals surface area contributed by atoms with Crippen molar-refractivity contribution in [3.8, 4) is 6.07 Å². The smallest absolute Gasteiger partial charge is 0.237 e. The number of rotatable bonds is 5. The van der Waals surface area contributed by atoms with Gasteiger partial charge in [0, 0.05) is 43.2 Å². The van der Waals surface area contributed by atoms with Crippen LogP contribution in [0.1, 0.15) is 44.9 Å². The van der Waals surface area contributed by atoms with Crippen molar-refractivity contribution in [2.75, 3.05) is 44.2 Å². The molecule has 5 atom stereocenters. The number of carbonyl (C=O) groups excluding carboxylic acids is 1. The number of halogens is 1. The van der Waals surface area contributed by atoms with Crippen molar-refractivity contribution in [1.29, 1.82) is 5.26 Å². The van der Waals surface area contributed by atoms with Crippen LogP contribution >= 0.6 is 24.2 Å². The molecule has 6 aliphatic rings. The third kappa shape index (κ3) is 3.57. The molecule has 5 nitrogen and oxygen atoms in total. The van der Waals surface area contributed by atoms with Gasteiger partial charge in [0.25, 0.3) is 0 Å². The zero-order valence-electron chi connectivity index (χ0n) is 16.7. The Morgan fingerprint density at radius 2 is 2.04 bits per heavy atom. The highest BCUT2D eigenvalue weighted by molar-refractivity contribution is 7.99. The molecule has 2 heterocycles. The lowest BCUT2D eigenvalue weighted by molar-refractivity contribution is -0.130. The molecule has 1 amide bonds. The number of hydrogen-bond donors (Lipinski definition) is 1. The van der Waals surface area contributed by atoms with E-state index in [-0.39, 0.29) is 29.9 Å². The summed E-state index contributed by atoms with van der Waals surface area (Å²) in [5, 5.41) is 13.1. The maximum absolute atomic E-state index is 12.7. The van der Waals surface area contributed by atoms with Gasteiger partial charge in [0.15, 0.2) is 0 Å². The first-order valence-corrected chi connectivity index (χ1v) is 12.0. The molecule has 28 heavy (non-hydrogen) atoms. The highest BCUT2D eigenvalue weighted by Crippen LogP contribution is 2.66. The second kappa shape index (κ2) is 7.98. The minimum Gasteiger partial charge on any atom is -0.326 e. The van der Waals surface area contributed by atoms with E-state index in [2.05, 4.69) is 28.0 Å². The average molecular weight is 425 g/mol. The number of hydrogen-bond acceptors (Lipinski definition) is 5. The number of thioether (sulfide) groups is 1. The molecular weight excluding hydrogens is 392 g/mol. The van der Waals surface area contributed by atoms with E-state index < -0.39 is 0 Å². The molecule has 4 saturated carbocycles. The monoisotopic (exact) mass is 424 g/mol. The second-order valence-corrected chi connectivity index (χ2v) is 11.1. The van der Waals surface area contributed by atoms with E-state index in [1.54, 1.807) is 0 Å². The number of amides is 1. The summed E-state index contributed by atoms with van der Waals surface area (Å²) in [6.07, 6.45) is 8.48. The van der Waals surface area contributed by atoms with E-state index in [4.69, 9.17) is 0 Å². The van der Waals surface area contributed by atoms with Crippen LogP contribution < -0.4 is 5.32 Å². The fourth-order valence-electron chi connectivity index (χ4n) is 7.33. The molecule has 6 fully saturated rings. The Balaban J connectivity index is 0.00000192. The number of likely N-dealkylation sites (tertiary alicyclic amines) is 1. The van der Waals surface area contributed by atoms with Gasteiger partial charge in [-0.15, -0.1) is 12.4 Å². The highest BCUT2D eigenvalue weighted by atomic mass is 35.5. The van der Waals surface area contributed by atoms with E-state index in [1.807, 2.05) is 4.90 Å². The molecule has 2 aliphatic heterocycles. The summed E-state index contributed by atoms with van der Waals surface area (Å²) in [5.41, 5.74) is 0.692. The Bertz CT molecular complexity index is 651. The molecule has 0 spiro atoms. The first kappa shape index (κ1) is 20.8. The van der Waals surface area contributed by atoms with Crippen LogP contribution in [-0.2, 0) is 4.79 Å². The van der Waals surface area contributed by atoms with Crippen LogP contribution in [0, 0.1) is 28.6 Å². The van der Waals surface area contributed by atoms with E-state index in [1.165, 1.54) is 63.2 Å². The number of nitriles is 1. The SMILES string of the molecule is Cl.N#C[C@@H]1CCCN1C(=O)CNC12CC3CC1CC(CN1CCSCC1)(C3)C2. The van der Waals surface area contributed by atoms with Gasteiger partial charge in [-0.3, -0.25) is 4.79 Å². The van der Waals surface area contributed by atoms with Crippen LogP contribution in [0.25, 0.3) is 0 Å². The maximum Gasteiger partial charge on any atom is 0.237 e. The average Bonchev–Trinajstić information content (AvgIpc) is 3.29. The van der Waals surface area contributed by atoms with Crippen molar-refractivity contribution in [1.82, 2.24) is 15.1 Å². The first-order chi connectivity index (χ1) is 13.1. The highest BCUT2D eigenvalue weighted by Gasteiger charge is 2.63. The molecule has 2 saturated heterocycles. The van der Waals surface area contributed by atoms with Gasteiger partial charge in [0.2, 0.25) is 5.91 Å². The fraction of sp³-hybridized carbons (Fsp3) is 0.905. The standard InChI is InChI=1S/C21H32N4OS.ClH/c22-12-18-2-1-3-25(18)19(26)13-23-21-10-16-8-17(21)11-20(9-16,14-21)15-24-4-6-27-7-5-24;/h16-18,23H,1-11,13-15H2;1H/t16?,17?,18-,20?,21?;/m0./s1. The van der Waals surface area contributed by atoms with Gasteiger partial charge in [-0.25, -0.2) is 0 Å².